The van der Waals surface area contributed by atoms with E-state index >= 15 is 0 Å². The molecule has 1 aliphatic heterocycles. The quantitative estimate of drug-likeness (QED) is 0.801. The van der Waals surface area contributed by atoms with Gasteiger partial charge >= 0.3 is 0 Å². The first-order chi connectivity index (χ1) is 8.56. The number of hydrogen-bond donors (Lipinski definition) is 1. The summed E-state index contributed by atoms with van der Waals surface area (Å²) >= 11 is 0. The molecule has 0 aliphatic carbocycles. The van der Waals surface area contributed by atoms with E-state index in [0.717, 1.165) is 26.1 Å². The maximum absolute atomic E-state index is 5.73. The smallest absolute Gasteiger partial charge is 0.232 e. The van der Waals surface area contributed by atoms with Crippen LogP contribution >= 0.6 is 0 Å². The molecule has 1 fully saturated rings. The third-order valence-electron chi connectivity index (χ3n) is 2.76. The normalized spacial score (nSPS) is 20.6. The predicted octanol–water partition coefficient (Wildman–Crippen LogP) is 0.135. The van der Waals surface area contributed by atoms with Crippen LogP contribution in [0.5, 0.6) is 0 Å². The molecule has 2 rings (SSSR count). The van der Waals surface area contributed by atoms with Gasteiger partial charge in [-0.1, -0.05) is 0 Å². The van der Waals surface area contributed by atoms with E-state index < -0.39 is 0 Å². The van der Waals surface area contributed by atoms with E-state index in [0.29, 0.717) is 11.9 Å². The zero-order valence-electron chi connectivity index (χ0n) is 11.1. The molecular weight excluding hydrogens is 232 g/mol. The minimum atomic E-state index is 0.174. The van der Waals surface area contributed by atoms with Crippen molar-refractivity contribution in [3.8, 4) is 0 Å². The van der Waals surface area contributed by atoms with Crippen molar-refractivity contribution in [2.24, 2.45) is 0 Å². The zero-order valence-corrected chi connectivity index (χ0v) is 11.1. The molecule has 0 saturated carbocycles. The number of anilines is 3. The molecule has 0 spiro atoms. The van der Waals surface area contributed by atoms with E-state index in [1.165, 1.54) is 0 Å². The second kappa shape index (κ2) is 5.34. The maximum atomic E-state index is 5.73. The second-order valence-electron chi connectivity index (χ2n) is 4.67. The van der Waals surface area contributed by atoms with Gasteiger partial charge in [-0.3, -0.25) is 0 Å². The number of aromatic nitrogens is 3. The van der Waals surface area contributed by atoms with E-state index in [9.17, 15) is 0 Å². The van der Waals surface area contributed by atoms with Crippen molar-refractivity contribution in [2.45, 2.75) is 19.4 Å². The zero-order chi connectivity index (χ0) is 13.1. The number of nitrogens with two attached hydrogens (primary N) is 1. The molecular formula is C11H20N6O. The minimum absolute atomic E-state index is 0.174. The largest absolute Gasteiger partial charge is 0.377 e. The van der Waals surface area contributed by atoms with Gasteiger partial charge in [0.25, 0.3) is 0 Å². The van der Waals surface area contributed by atoms with Crippen LogP contribution in [0.1, 0.15) is 13.3 Å². The van der Waals surface area contributed by atoms with E-state index in [1.807, 2.05) is 19.0 Å². The Morgan fingerprint density at radius 3 is 2.83 bits per heavy atom. The van der Waals surface area contributed by atoms with E-state index in [-0.39, 0.29) is 12.1 Å². The van der Waals surface area contributed by atoms with E-state index in [2.05, 4.69) is 26.8 Å². The number of nitrogen functional groups attached to an aromatic ring is 1. The van der Waals surface area contributed by atoms with Crippen LogP contribution < -0.4 is 15.5 Å². The van der Waals surface area contributed by atoms with Crippen molar-refractivity contribution in [3.63, 3.8) is 0 Å². The van der Waals surface area contributed by atoms with E-state index in [4.69, 9.17) is 10.5 Å². The molecule has 1 aromatic rings. The molecule has 2 heterocycles. The highest BCUT2D eigenvalue weighted by molar-refractivity contribution is 5.42. The molecule has 1 unspecified atom stereocenters. The Morgan fingerprint density at radius 2 is 2.11 bits per heavy atom. The first-order valence-corrected chi connectivity index (χ1v) is 6.11. The molecule has 0 bridgehead atoms. The molecule has 7 nitrogen and oxygen atoms in total. The summed E-state index contributed by atoms with van der Waals surface area (Å²) in [7, 11) is 3.76. The average Bonchev–Trinajstić information content (AvgIpc) is 2.53. The highest BCUT2D eigenvalue weighted by Crippen LogP contribution is 2.16. The van der Waals surface area contributed by atoms with Crippen LogP contribution in [0.2, 0.25) is 0 Å². The standard InChI is InChI=1S/C11H20N6O/c1-8-7-17(5-4-6-18-8)11-14-9(12)13-10(15-11)16(2)3/h8H,4-7H2,1-3H3,(H2,12,13,14,15). The molecule has 0 amide bonds. The minimum Gasteiger partial charge on any atom is -0.377 e. The SMILES string of the molecule is CC1CN(c2nc(N)nc(N(C)C)n2)CCCO1. The Hall–Kier alpha value is -1.63. The highest BCUT2D eigenvalue weighted by Gasteiger charge is 2.19. The third kappa shape index (κ3) is 2.98. The Bertz CT molecular complexity index is 411. The molecule has 100 valence electrons. The summed E-state index contributed by atoms with van der Waals surface area (Å²) in [5.41, 5.74) is 5.73. The van der Waals surface area contributed by atoms with Crippen LogP contribution in [-0.2, 0) is 4.74 Å². The molecule has 1 aliphatic rings. The Balaban J connectivity index is 2.25. The first kappa shape index (κ1) is 12.8. The average molecular weight is 252 g/mol. The van der Waals surface area contributed by atoms with Crippen LogP contribution in [0.15, 0.2) is 0 Å². The van der Waals surface area contributed by atoms with Gasteiger partial charge in [-0.15, -0.1) is 0 Å². The van der Waals surface area contributed by atoms with Crippen LogP contribution in [0.4, 0.5) is 17.8 Å². The molecule has 18 heavy (non-hydrogen) atoms. The van der Waals surface area contributed by atoms with Gasteiger partial charge in [0.1, 0.15) is 0 Å². The summed E-state index contributed by atoms with van der Waals surface area (Å²) in [6.45, 7) is 4.48. The molecule has 1 atom stereocenters. The maximum Gasteiger partial charge on any atom is 0.232 e. The molecule has 0 radical (unpaired) electrons. The lowest BCUT2D eigenvalue weighted by Gasteiger charge is -2.23. The van der Waals surface area contributed by atoms with Gasteiger partial charge in [-0.05, 0) is 13.3 Å². The summed E-state index contributed by atoms with van der Waals surface area (Å²) in [5, 5.41) is 0. The van der Waals surface area contributed by atoms with Gasteiger partial charge in [0.05, 0.1) is 6.10 Å². The Morgan fingerprint density at radius 1 is 1.33 bits per heavy atom. The monoisotopic (exact) mass is 252 g/mol. The van der Waals surface area contributed by atoms with Crippen LogP contribution in [-0.4, -0.2) is 54.8 Å². The summed E-state index contributed by atoms with van der Waals surface area (Å²) < 4.78 is 5.61. The summed E-state index contributed by atoms with van der Waals surface area (Å²) in [6.07, 6.45) is 1.14. The van der Waals surface area contributed by atoms with Gasteiger partial charge in [0.15, 0.2) is 0 Å². The molecule has 1 aromatic heterocycles. The van der Waals surface area contributed by atoms with Crippen LogP contribution in [0.3, 0.4) is 0 Å². The summed E-state index contributed by atoms with van der Waals surface area (Å²) in [4.78, 5) is 16.7. The third-order valence-corrected chi connectivity index (χ3v) is 2.76. The molecule has 7 heteroatoms. The summed E-state index contributed by atoms with van der Waals surface area (Å²) in [6, 6.07) is 0. The number of hydrogen-bond acceptors (Lipinski definition) is 7. The van der Waals surface area contributed by atoms with Crippen molar-refractivity contribution in [2.75, 3.05) is 49.3 Å². The van der Waals surface area contributed by atoms with Crippen LogP contribution in [0.25, 0.3) is 0 Å². The van der Waals surface area contributed by atoms with Gasteiger partial charge in [0, 0.05) is 33.8 Å². The first-order valence-electron chi connectivity index (χ1n) is 6.11. The van der Waals surface area contributed by atoms with Crippen molar-refractivity contribution in [1.29, 1.82) is 0 Å². The second-order valence-corrected chi connectivity index (χ2v) is 4.67. The molecule has 2 N–H and O–H groups in total. The lowest BCUT2D eigenvalue weighted by atomic mass is 10.3. The van der Waals surface area contributed by atoms with Crippen molar-refractivity contribution < 1.29 is 4.74 Å². The van der Waals surface area contributed by atoms with Crippen LogP contribution in [0, 0.1) is 0 Å². The lowest BCUT2D eigenvalue weighted by Crippen LogP contribution is -2.32. The van der Waals surface area contributed by atoms with Gasteiger partial charge < -0.3 is 20.3 Å². The fraction of sp³-hybridized carbons (Fsp3) is 0.727. The fourth-order valence-corrected chi connectivity index (χ4v) is 1.89. The van der Waals surface area contributed by atoms with Crippen molar-refractivity contribution >= 4 is 17.8 Å². The van der Waals surface area contributed by atoms with Gasteiger partial charge in [0.2, 0.25) is 17.8 Å². The summed E-state index contributed by atoms with van der Waals surface area (Å²) in [5.74, 6) is 1.46. The van der Waals surface area contributed by atoms with Crippen molar-refractivity contribution in [1.82, 2.24) is 15.0 Å². The van der Waals surface area contributed by atoms with Crippen molar-refractivity contribution in [3.05, 3.63) is 0 Å². The van der Waals surface area contributed by atoms with Gasteiger partial charge in [-0.25, -0.2) is 0 Å². The molecule has 0 aromatic carbocycles. The molecule has 1 saturated heterocycles. The Kier molecular flexibility index (Phi) is 3.81. The topological polar surface area (TPSA) is 80.4 Å². The number of nitrogens with zero attached hydrogens (tertiary/aromatic N) is 5. The lowest BCUT2D eigenvalue weighted by molar-refractivity contribution is 0.0820. The van der Waals surface area contributed by atoms with Gasteiger partial charge in [-0.2, -0.15) is 15.0 Å². The van der Waals surface area contributed by atoms with E-state index in [1.54, 1.807) is 0 Å². The number of ether oxygens (including phenoxy) is 1. The fourth-order valence-electron chi connectivity index (χ4n) is 1.89. The highest BCUT2D eigenvalue weighted by atomic mass is 16.5. The number of rotatable bonds is 2. The Labute approximate surface area is 107 Å². The predicted molar refractivity (Wildman–Crippen MR) is 70.8 cm³/mol.